The zero-order valence-corrected chi connectivity index (χ0v) is 15.8. The maximum Gasteiger partial charge on any atom is 0.237 e. The molecule has 2 N–H and O–H groups in total. The summed E-state index contributed by atoms with van der Waals surface area (Å²) >= 11 is 0. The van der Waals surface area contributed by atoms with Crippen LogP contribution in [0.5, 0.6) is 0 Å². The fourth-order valence-corrected chi connectivity index (χ4v) is 3.39. The third-order valence-electron chi connectivity index (χ3n) is 4.69. The molecule has 3 rings (SSSR count). The Bertz CT molecular complexity index is 503. The monoisotopic (exact) mass is 377 g/mol. The van der Waals surface area contributed by atoms with Crippen molar-refractivity contribution in [3.63, 3.8) is 0 Å². The van der Waals surface area contributed by atoms with Crippen molar-refractivity contribution in [3.8, 4) is 0 Å². The van der Waals surface area contributed by atoms with E-state index in [9.17, 15) is 4.79 Å². The number of aryl methyl sites for hydroxylation is 2. The van der Waals surface area contributed by atoms with Gasteiger partial charge >= 0.3 is 0 Å². The fraction of sp³-hybridized carbons (Fsp3) is 0.812. The molecule has 24 heavy (non-hydrogen) atoms. The molecule has 2 aliphatic rings. The summed E-state index contributed by atoms with van der Waals surface area (Å²) in [5.74, 6) is 2.38. The van der Waals surface area contributed by atoms with Crippen LogP contribution in [0.15, 0.2) is 0 Å². The summed E-state index contributed by atoms with van der Waals surface area (Å²) in [6.07, 6.45) is 9.90. The van der Waals surface area contributed by atoms with E-state index in [1.54, 1.807) is 0 Å². The number of hydrogen-bond acceptors (Lipinski definition) is 4. The van der Waals surface area contributed by atoms with E-state index in [0.29, 0.717) is 0 Å². The Hall–Kier alpha value is -0.850. The summed E-state index contributed by atoms with van der Waals surface area (Å²) in [6, 6.07) is 0.0121. The Balaban J connectivity index is 0.00000144. The van der Waals surface area contributed by atoms with Crippen molar-refractivity contribution in [1.29, 1.82) is 0 Å². The summed E-state index contributed by atoms with van der Waals surface area (Å²) in [6.45, 7) is 2.74. The van der Waals surface area contributed by atoms with Crippen LogP contribution >= 0.6 is 24.8 Å². The maximum atomic E-state index is 12.0. The van der Waals surface area contributed by atoms with E-state index in [1.807, 2.05) is 0 Å². The number of nitrogens with zero attached hydrogens (tertiary/aromatic N) is 3. The molecule has 0 unspecified atom stereocenters. The number of carbonyl (C=O) groups excluding carboxylic acids is 1. The first kappa shape index (κ1) is 21.2. The Kier molecular flexibility index (Phi) is 9.63. The van der Waals surface area contributed by atoms with Crippen molar-refractivity contribution >= 4 is 30.7 Å². The highest BCUT2D eigenvalue weighted by atomic mass is 35.5. The molecule has 1 saturated heterocycles. The number of aromatic nitrogens is 3. The molecule has 0 aromatic carbocycles. The molecule has 0 saturated carbocycles. The van der Waals surface area contributed by atoms with Crippen LogP contribution < -0.4 is 10.6 Å². The molecule has 0 spiro atoms. The van der Waals surface area contributed by atoms with Gasteiger partial charge in [-0.25, -0.2) is 0 Å². The average Bonchev–Trinajstić information content (AvgIpc) is 2.79. The zero-order valence-electron chi connectivity index (χ0n) is 14.1. The predicted molar refractivity (Wildman–Crippen MR) is 99.0 cm³/mol. The number of hydrogen-bond donors (Lipinski definition) is 2. The lowest BCUT2D eigenvalue weighted by Crippen LogP contribution is -2.46. The smallest absolute Gasteiger partial charge is 0.237 e. The SMILES string of the molecule is Cl.Cl.O=C(NCCCc1nnc2n1CCCCC2)[C@H]1CCCCN1. The van der Waals surface area contributed by atoms with E-state index < -0.39 is 0 Å². The minimum absolute atomic E-state index is 0. The second-order valence-electron chi connectivity index (χ2n) is 6.39. The molecule has 1 aromatic heterocycles. The number of nitrogens with one attached hydrogen (secondary N) is 2. The third kappa shape index (κ3) is 5.60. The fourth-order valence-electron chi connectivity index (χ4n) is 3.39. The third-order valence-corrected chi connectivity index (χ3v) is 4.69. The van der Waals surface area contributed by atoms with Crippen molar-refractivity contribution in [2.24, 2.45) is 0 Å². The van der Waals surface area contributed by atoms with E-state index in [0.717, 1.165) is 63.4 Å². The summed E-state index contributed by atoms with van der Waals surface area (Å²) in [4.78, 5) is 12.0. The van der Waals surface area contributed by atoms with Gasteiger partial charge in [0, 0.05) is 25.9 Å². The van der Waals surface area contributed by atoms with Crippen LogP contribution in [0.2, 0.25) is 0 Å². The first-order valence-electron chi connectivity index (χ1n) is 8.76. The molecule has 2 aliphatic heterocycles. The molecule has 1 atom stereocenters. The largest absolute Gasteiger partial charge is 0.355 e. The van der Waals surface area contributed by atoms with Gasteiger partial charge in [-0.2, -0.15) is 0 Å². The number of piperidine rings is 1. The number of fused-ring (bicyclic) bond motifs is 1. The molecule has 0 radical (unpaired) electrons. The van der Waals surface area contributed by atoms with Gasteiger partial charge in [-0.15, -0.1) is 35.0 Å². The van der Waals surface area contributed by atoms with Crippen LogP contribution in [0, 0.1) is 0 Å². The lowest BCUT2D eigenvalue weighted by Gasteiger charge is -2.22. The van der Waals surface area contributed by atoms with Crippen molar-refractivity contribution in [2.75, 3.05) is 13.1 Å². The van der Waals surface area contributed by atoms with E-state index >= 15 is 0 Å². The molecule has 1 fully saturated rings. The summed E-state index contributed by atoms with van der Waals surface area (Å²) in [5.41, 5.74) is 0. The molecule has 8 heteroatoms. The first-order chi connectivity index (χ1) is 10.8. The van der Waals surface area contributed by atoms with Gasteiger partial charge in [-0.05, 0) is 38.6 Å². The number of carbonyl (C=O) groups is 1. The van der Waals surface area contributed by atoms with Gasteiger partial charge in [0.1, 0.15) is 11.6 Å². The minimum Gasteiger partial charge on any atom is -0.355 e. The van der Waals surface area contributed by atoms with E-state index in [1.165, 1.54) is 25.7 Å². The zero-order chi connectivity index (χ0) is 15.2. The van der Waals surface area contributed by atoms with Crippen LogP contribution in [0.1, 0.15) is 56.6 Å². The molecular weight excluding hydrogens is 349 g/mol. The van der Waals surface area contributed by atoms with Gasteiger partial charge in [-0.3, -0.25) is 4.79 Å². The van der Waals surface area contributed by atoms with Crippen molar-refractivity contribution < 1.29 is 4.79 Å². The molecule has 138 valence electrons. The topological polar surface area (TPSA) is 71.8 Å². The van der Waals surface area contributed by atoms with Crippen LogP contribution in [0.4, 0.5) is 0 Å². The number of rotatable bonds is 5. The second-order valence-corrected chi connectivity index (χ2v) is 6.39. The van der Waals surface area contributed by atoms with E-state index in [4.69, 9.17) is 0 Å². The number of amides is 1. The second kappa shape index (κ2) is 10.9. The Labute approximate surface area is 156 Å². The van der Waals surface area contributed by atoms with Gasteiger partial charge in [0.05, 0.1) is 6.04 Å². The predicted octanol–water partition coefficient (Wildman–Crippen LogP) is 2.04. The Morgan fingerprint density at radius 2 is 2.04 bits per heavy atom. The van der Waals surface area contributed by atoms with Gasteiger partial charge < -0.3 is 15.2 Å². The summed E-state index contributed by atoms with van der Waals surface area (Å²) < 4.78 is 2.29. The molecule has 1 amide bonds. The molecular formula is C16H29Cl2N5O. The van der Waals surface area contributed by atoms with Crippen LogP contribution in [0.3, 0.4) is 0 Å². The Morgan fingerprint density at radius 3 is 2.83 bits per heavy atom. The molecule has 0 bridgehead atoms. The van der Waals surface area contributed by atoms with Crippen LogP contribution in [-0.2, 0) is 24.2 Å². The Morgan fingerprint density at radius 1 is 1.17 bits per heavy atom. The van der Waals surface area contributed by atoms with Gasteiger partial charge in [0.15, 0.2) is 0 Å². The lowest BCUT2D eigenvalue weighted by atomic mass is 10.0. The average molecular weight is 378 g/mol. The summed E-state index contributed by atoms with van der Waals surface area (Å²) in [7, 11) is 0. The van der Waals surface area contributed by atoms with Crippen LogP contribution in [0.25, 0.3) is 0 Å². The molecule has 1 aromatic rings. The van der Waals surface area contributed by atoms with Crippen LogP contribution in [-0.4, -0.2) is 39.8 Å². The van der Waals surface area contributed by atoms with Gasteiger partial charge in [0.25, 0.3) is 0 Å². The lowest BCUT2D eigenvalue weighted by molar-refractivity contribution is -0.123. The van der Waals surface area contributed by atoms with E-state index in [2.05, 4.69) is 25.4 Å². The van der Waals surface area contributed by atoms with Crippen molar-refractivity contribution in [2.45, 2.75) is 70.4 Å². The highest BCUT2D eigenvalue weighted by molar-refractivity contribution is 5.85. The normalized spacial score (nSPS) is 20.1. The number of halogens is 2. The quantitative estimate of drug-likeness (QED) is 0.770. The molecule has 0 aliphatic carbocycles. The first-order valence-corrected chi connectivity index (χ1v) is 8.76. The summed E-state index contributed by atoms with van der Waals surface area (Å²) in [5, 5.41) is 15.0. The molecule has 6 nitrogen and oxygen atoms in total. The van der Waals surface area contributed by atoms with Gasteiger partial charge in [0.2, 0.25) is 5.91 Å². The van der Waals surface area contributed by atoms with E-state index in [-0.39, 0.29) is 36.8 Å². The van der Waals surface area contributed by atoms with Gasteiger partial charge in [-0.1, -0.05) is 12.8 Å². The highest BCUT2D eigenvalue weighted by Gasteiger charge is 2.20. The molecule has 3 heterocycles. The maximum absolute atomic E-state index is 12.0. The standard InChI is InChI=1S/C16H27N5O.2ClH/c22-16(13-7-3-4-10-17-13)18-11-6-9-15-20-19-14-8-2-1-5-12-21(14)15;;/h13,17H,1-12H2,(H,18,22);2*1H/t13-;;/m1../s1. The van der Waals surface area contributed by atoms with Crippen molar-refractivity contribution in [1.82, 2.24) is 25.4 Å². The highest BCUT2D eigenvalue weighted by Crippen LogP contribution is 2.15. The van der Waals surface area contributed by atoms with Crippen molar-refractivity contribution in [3.05, 3.63) is 11.6 Å². The minimum atomic E-state index is 0.